The lowest BCUT2D eigenvalue weighted by molar-refractivity contribution is -0.0220. The van der Waals surface area contributed by atoms with Crippen molar-refractivity contribution in [1.29, 1.82) is 5.26 Å². The molecule has 0 aliphatic carbocycles. The number of halogens is 2. The molecule has 5 heteroatoms. The number of nitriles is 1. The molecule has 16 heavy (non-hydrogen) atoms. The van der Waals surface area contributed by atoms with Gasteiger partial charge in [0.05, 0.1) is 11.3 Å². The van der Waals surface area contributed by atoms with E-state index in [1.807, 2.05) is 11.0 Å². The molecule has 1 aliphatic rings. The molecule has 1 aromatic heterocycles. The van der Waals surface area contributed by atoms with Crippen LogP contribution in [-0.2, 0) is 0 Å². The quantitative estimate of drug-likeness (QED) is 0.732. The summed E-state index contributed by atoms with van der Waals surface area (Å²) in [4.78, 5) is 5.66. The van der Waals surface area contributed by atoms with E-state index < -0.39 is 5.92 Å². The molecule has 0 spiro atoms. The highest BCUT2D eigenvalue weighted by atomic mass is 19.3. The van der Waals surface area contributed by atoms with Gasteiger partial charge in [0.25, 0.3) is 5.92 Å². The van der Waals surface area contributed by atoms with Gasteiger partial charge >= 0.3 is 0 Å². The molecule has 0 unspecified atom stereocenters. The van der Waals surface area contributed by atoms with Crippen LogP contribution in [0.15, 0.2) is 18.5 Å². The molecule has 1 fully saturated rings. The first-order valence-corrected chi connectivity index (χ1v) is 5.09. The van der Waals surface area contributed by atoms with Gasteiger partial charge in [0.15, 0.2) is 0 Å². The van der Waals surface area contributed by atoms with E-state index in [1.54, 1.807) is 12.3 Å². The van der Waals surface area contributed by atoms with Crippen molar-refractivity contribution >= 4 is 5.69 Å². The normalized spacial score (nSPS) is 19.2. The van der Waals surface area contributed by atoms with E-state index in [2.05, 4.69) is 4.98 Å². The van der Waals surface area contributed by atoms with E-state index in [4.69, 9.17) is 5.26 Å². The highest BCUT2D eigenvalue weighted by Gasteiger charge is 2.34. The number of piperidine rings is 1. The summed E-state index contributed by atoms with van der Waals surface area (Å²) in [5, 5.41) is 8.89. The lowest BCUT2D eigenvalue weighted by atomic mass is 10.1. The molecule has 0 bridgehead atoms. The van der Waals surface area contributed by atoms with Crippen molar-refractivity contribution in [3.8, 4) is 6.07 Å². The maximum atomic E-state index is 13.0. The topological polar surface area (TPSA) is 39.9 Å². The monoisotopic (exact) mass is 223 g/mol. The largest absolute Gasteiger partial charge is 0.370 e. The van der Waals surface area contributed by atoms with E-state index >= 15 is 0 Å². The number of alkyl halides is 2. The average Bonchev–Trinajstić information content (AvgIpc) is 2.29. The molecule has 1 aliphatic heterocycles. The molecule has 84 valence electrons. The van der Waals surface area contributed by atoms with Crippen molar-refractivity contribution in [2.75, 3.05) is 18.0 Å². The smallest absolute Gasteiger partial charge is 0.251 e. The number of pyridine rings is 1. The fourth-order valence-corrected chi connectivity index (χ4v) is 1.82. The van der Waals surface area contributed by atoms with Crippen LogP contribution in [0.1, 0.15) is 18.4 Å². The van der Waals surface area contributed by atoms with Crippen molar-refractivity contribution in [2.45, 2.75) is 18.8 Å². The van der Waals surface area contributed by atoms with E-state index in [9.17, 15) is 8.78 Å². The van der Waals surface area contributed by atoms with E-state index in [1.165, 1.54) is 6.20 Å². The average molecular weight is 223 g/mol. The molecule has 2 rings (SSSR count). The predicted molar refractivity (Wildman–Crippen MR) is 55.3 cm³/mol. The maximum absolute atomic E-state index is 13.0. The minimum atomic E-state index is -2.56. The molecule has 1 aromatic rings. The summed E-state index contributed by atoms with van der Waals surface area (Å²) < 4.78 is 25.9. The Morgan fingerprint density at radius 2 is 2.06 bits per heavy atom. The van der Waals surface area contributed by atoms with Gasteiger partial charge in [-0.2, -0.15) is 5.26 Å². The van der Waals surface area contributed by atoms with Crippen LogP contribution in [0.4, 0.5) is 14.5 Å². The Bertz CT molecular complexity index is 415. The minimum absolute atomic E-state index is 0.153. The summed E-state index contributed by atoms with van der Waals surface area (Å²) in [5.41, 5.74) is 1.14. The lowest BCUT2D eigenvalue weighted by Crippen LogP contribution is -2.39. The third-order valence-electron chi connectivity index (χ3n) is 2.75. The fourth-order valence-electron chi connectivity index (χ4n) is 1.82. The van der Waals surface area contributed by atoms with E-state index in [0.29, 0.717) is 11.3 Å². The summed E-state index contributed by atoms with van der Waals surface area (Å²) in [6.07, 6.45) is 2.73. The summed E-state index contributed by atoms with van der Waals surface area (Å²) in [6, 6.07) is 3.72. The number of rotatable bonds is 1. The standard InChI is InChI=1S/C11H11F2N3/c12-11(13)2-5-16(6-3-11)10-1-4-15-8-9(10)7-14/h1,4,8H,2-3,5-6H2. The van der Waals surface area contributed by atoms with Gasteiger partial charge < -0.3 is 4.90 Å². The third kappa shape index (κ3) is 2.11. The number of hydrogen-bond acceptors (Lipinski definition) is 3. The number of nitrogens with zero attached hydrogens (tertiary/aromatic N) is 3. The second-order valence-corrected chi connectivity index (χ2v) is 3.85. The van der Waals surface area contributed by atoms with Crippen molar-refractivity contribution in [2.24, 2.45) is 0 Å². The van der Waals surface area contributed by atoms with Crippen molar-refractivity contribution in [3.63, 3.8) is 0 Å². The number of aromatic nitrogens is 1. The molecule has 1 saturated heterocycles. The summed E-state index contributed by atoms with van der Waals surface area (Å²) in [6.45, 7) is 0.567. The molecular weight excluding hydrogens is 212 g/mol. The molecule has 3 nitrogen and oxygen atoms in total. The minimum Gasteiger partial charge on any atom is -0.370 e. The van der Waals surface area contributed by atoms with Crippen LogP contribution in [0.2, 0.25) is 0 Å². The molecule has 0 saturated carbocycles. The van der Waals surface area contributed by atoms with Crippen LogP contribution in [0, 0.1) is 11.3 Å². The van der Waals surface area contributed by atoms with Crippen LogP contribution < -0.4 is 4.90 Å². The Morgan fingerprint density at radius 3 is 2.69 bits per heavy atom. The van der Waals surface area contributed by atoms with Crippen molar-refractivity contribution < 1.29 is 8.78 Å². The Kier molecular flexibility index (Phi) is 2.73. The van der Waals surface area contributed by atoms with Gasteiger partial charge in [-0.1, -0.05) is 0 Å². The number of anilines is 1. The molecule has 0 radical (unpaired) electrons. The molecule has 0 atom stereocenters. The van der Waals surface area contributed by atoms with Crippen LogP contribution in [-0.4, -0.2) is 24.0 Å². The van der Waals surface area contributed by atoms with Crippen molar-refractivity contribution in [3.05, 3.63) is 24.0 Å². The zero-order valence-corrected chi connectivity index (χ0v) is 8.66. The Labute approximate surface area is 92.3 Å². The van der Waals surface area contributed by atoms with E-state index in [-0.39, 0.29) is 25.9 Å². The van der Waals surface area contributed by atoms with Gasteiger partial charge in [-0.15, -0.1) is 0 Å². The van der Waals surface area contributed by atoms with Gasteiger partial charge in [0.1, 0.15) is 6.07 Å². The van der Waals surface area contributed by atoms with Gasteiger partial charge in [-0.05, 0) is 6.07 Å². The van der Waals surface area contributed by atoms with E-state index in [0.717, 1.165) is 0 Å². The first-order chi connectivity index (χ1) is 7.62. The molecule has 0 amide bonds. The molecule has 0 N–H and O–H groups in total. The molecule has 0 aromatic carbocycles. The van der Waals surface area contributed by atoms with Gasteiger partial charge in [-0.25, -0.2) is 8.78 Å². The summed E-state index contributed by atoms with van der Waals surface area (Å²) in [7, 11) is 0. The van der Waals surface area contributed by atoms with Gasteiger partial charge in [-0.3, -0.25) is 4.98 Å². The van der Waals surface area contributed by atoms with Crippen LogP contribution in [0.5, 0.6) is 0 Å². The Morgan fingerprint density at radius 1 is 1.38 bits per heavy atom. The van der Waals surface area contributed by atoms with Crippen LogP contribution in [0.25, 0.3) is 0 Å². The zero-order valence-electron chi connectivity index (χ0n) is 8.66. The zero-order chi connectivity index (χ0) is 11.6. The third-order valence-corrected chi connectivity index (χ3v) is 2.75. The molecular formula is C11H11F2N3. The maximum Gasteiger partial charge on any atom is 0.251 e. The highest BCUT2D eigenvalue weighted by molar-refractivity contribution is 5.58. The highest BCUT2D eigenvalue weighted by Crippen LogP contribution is 2.31. The lowest BCUT2D eigenvalue weighted by Gasteiger charge is -2.33. The number of hydrogen-bond donors (Lipinski definition) is 0. The van der Waals surface area contributed by atoms with Crippen LogP contribution >= 0.6 is 0 Å². The first kappa shape index (κ1) is 10.8. The Balaban J connectivity index is 2.18. The first-order valence-electron chi connectivity index (χ1n) is 5.09. The van der Waals surface area contributed by atoms with Gasteiger partial charge in [0, 0.05) is 38.3 Å². The van der Waals surface area contributed by atoms with Crippen molar-refractivity contribution in [1.82, 2.24) is 4.98 Å². The molecule has 2 heterocycles. The van der Waals surface area contributed by atoms with Crippen LogP contribution in [0.3, 0.4) is 0 Å². The fraction of sp³-hybridized carbons (Fsp3) is 0.455. The summed E-state index contributed by atoms with van der Waals surface area (Å²) >= 11 is 0. The second-order valence-electron chi connectivity index (χ2n) is 3.85. The summed E-state index contributed by atoms with van der Waals surface area (Å²) in [5.74, 6) is -2.56. The Hall–Kier alpha value is -1.70. The predicted octanol–water partition coefficient (Wildman–Crippen LogP) is 2.19. The second kappa shape index (κ2) is 4.05. The SMILES string of the molecule is N#Cc1cnccc1N1CCC(F)(F)CC1. The van der Waals surface area contributed by atoms with Gasteiger partial charge in [0.2, 0.25) is 0 Å².